The summed E-state index contributed by atoms with van der Waals surface area (Å²) in [5.74, 6) is 1.22. The van der Waals surface area contributed by atoms with E-state index < -0.39 is 0 Å². The van der Waals surface area contributed by atoms with Crippen molar-refractivity contribution in [3.63, 3.8) is 0 Å². The summed E-state index contributed by atoms with van der Waals surface area (Å²) >= 11 is 0. The lowest BCUT2D eigenvalue weighted by Gasteiger charge is -2.22. The predicted octanol–water partition coefficient (Wildman–Crippen LogP) is -0.588. The van der Waals surface area contributed by atoms with Crippen LogP contribution in [0.25, 0.3) is 0 Å². The summed E-state index contributed by atoms with van der Waals surface area (Å²) in [4.78, 5) is 30.9. The topological polar surface area (TPSA) is 94.9 Å². The van der Waals surface area contributed by atoms with Crippen molar-refractivity contribution in [1.29, 1.82) is 0 Å². The van der Waals surface area contributed by atoms with Crippen LogP contribution in [0.4, 0.5) is 4.79 Å². The van der Waals surface area contributed by atoms with E-state index in [4.69, 9.17) is 0 Å². The quantitative estimate of drug-likeness (QED) is 0.422. The van der Waals surface area contributed by atoms with E-state index >= 15 is 0 Å². The second-order valence-corrected chi connectivity index (χ2v) is 6.51. The van der Waals surface area contributed by atoms with Crippen LogP contribution in [0.2, 0.25) is 0 Å². The Balaban J connectivity index is 1.45. The number of nitrogens with zero attached hydrogens (tertiary/aromatic N) is 5. The Hall–Kier alpha value is -2.58. The fraction of sp³-hybridized carbons (Fsp3) is 0.625. The number of aryl methyl sites for hydroxylation is 1. The van der Waals surface area contributed by atoms with Crippen molar-refractivity contribution in [3.05, 3.63) is 18.0 Å². The molecule has 136 valence electrons. The van der Waals surface area contributed by atoms with E-state index in [2.05, 4.69) is 31.8 Å². The first-order valence-corrected chi connectivity index (χ1v) is 8.58. The number of carbonyl (C=O) groups is 2. The summed E-state index contributed by atoms with van der Waals surface area (Å²) in [6.45, 7) is 2.83. The maximum absolute atomic E-state index is 11.6. The standard InChI is InChI=1S/C16H25N7O2/c1-17-15(18-4-6-23-14(24)9-19-16(23)25)22-5-3-12(11-22)7-13-8-20-21(2)10-13/h8,10,12H,3-7,9,11H2,1-2H3,(H,17,18)(H,19,25). The van der Waals surface area contributed by atoms with Gasteiger partial charge in [0, 0.05) is 46.5 Å². The minimum Gasteiger partial charge on any atom is -0.354 e. The molecule has 1 unspecified atom stereocenters. The Labute approximate surface area is 147 Å². The Bertz CT molecular complexity index is 653. The summed E-state index contributed by atoms with van der Waals surface area (Å²) in [6, 6.07) is -0.320. The zero-order valence-corrected chi connectivity index (χ0v) is 14.7. The lowest BCUT2D eigenvalue weighted by Crippen LogP contribution is -2.44. The normalized spacial score (nSPS) is 21.2. The number of amides is 3. The number of hydrogen-bond acceptors (Lipinski definition) is 4. The molecular weight excluding hydrogens is 322 g/mol. The molecule has 0 spiro atoms. The molecule has 1 atom stereocenters. The molecule has 2 N–H and O–H groups in total. The minimum atomic E-state index is -0.320. The molecule has 25 heavy (non-hydrogen) atoms. The van der Waals surface area contributed by atoms with E-state index in [1.54, 1.807) is 7.05 Å². The van der Waals surface area contributed by atoms with Crippen LogP contribution in [0.1, 0.15) is 12.0 Å². The largest absolute Gasteiger partial charge is 0.354 e. The molecule has 1 aromatic rings. The van der Waals surface area contributed by atoms with Gasteiger partial charge in [0.25, 0.3) is 0 Å². The highest BCUT2D eigenvalue weighted by atomic mass is 16.2. The first-order valence-electron chi connectivity index (χ1n) is 8.58. The summed E-state index contributed by atoms with van der Waals surface area (Å²) < 4.78 is 1.83. The maximum atomic E-state index is 11.6. The molecule has 2 aliphatic rings. The van der Waals surface area contributed by atoms with E-state index in [1.807, 2.05) is 17.9 Å². The molecule has 0 bridgehead atoms. The molecule has 2 aliphatic heterocycles. The van der Waals surface area contributed by atoms with Crippen LogP contribution in [0, 0.1) is 5.92 Å². The third-order valence-corrected chi connectivity index (χ3v) is 4.64. The third-order valence-electron chi connectivity index (χ3n) is 4.64. The second kappa shape index (κ2) is 7.54. The number of carbonyl (C=O) groups excluding carboxylic acids is 2. The Morgan fingerprint density at radius 1 is 1.48 bits per heavy atom. The van der Waals surface area contributed by atoms with Gasteiger partial charge in [0.05, 0.1) is 12.7 Å². The molecule has 1 aromatic heterocycles. The smallest absolute Gasteiger partial charge is 0.324 e. The summed E-state index contributed by atoms with van der Waals surface area (Å²) in [7, 11) is 3.69. The van der Waals surface area contributed by atoms with Gasteiger partial charge in [0.2, 0.25) is 5.91 Å². The zero-order valence-electron chi connectivity index (χ0n) is 14.7. The van der Waals surface area contributed by atoms with Gasteiger partial charge in [-0.3, -0.25) is 19.4 Å². The van der Waals surface area contributed by atoms with Gasteiger partial charge in [0.15, 0.2) is 5.96 Å². The van der Waals surface area contributed by atoms with Gasteiger partial charge in [-0.1, -0.05) is 0 Å². The molecule has 2 fully saturated rings. The van der Waals surface area contributed by atoms with Gasteiger partial charge in [0.1, 0.15) is 0 Å². The van der Waals surface area contributed by atoms with Crippen LogP contribution in [0.3, 0.4) is 0 Å². The molecule has 3 rings (SSSR count). The average molecular weight is 347 g/mol. The Kier molecular flexibility index (Phi) is 5.20. The van der Waals surface area contributed by atoms with Crippen LogP contribution in [-0.4, -0.2) is 77.2 Å². The fourth-order valence-corrected chi connectivity index (χ4v) is 3.40. The molecule has 0 saturated carbocycles. The second-order valence-electron chi connectivity index (χ2n) is 6.51. The van der Waals surface area contributed by atoms with Crippen LogP contribution < -0.4 is 10.6 Å². The molecule has 3 heterocycles. The highest BCUT2D eigenvalue weighted by molar-refractivity contribution is 6.01. The van der Waals surface area contributed by atoms with Crippen LogP contribution in [-0.2, 0) is 18.3 Å². The van der Waals surface area contributed by atoms with Crippen molar-refractivity contribution < 1.29 is 9.59 Å². The summed E-state index contributed by atoms with van der Waals surface area (Å²) in [5.41, 5.74) is 1.26. The maximum Gasteiger partial charge on any atom is 0.324 e. The fourth-order valence-electron chi connectivity index (χ4n) is 3.40. The lowest BCUT2D eigenvalue weighted by atomic mass is 10.0. The van der Waals surface area contributed by atoms with Crippen molar-refractivity contribution in [3.8, 4) is 0 Å². The molecule has 0 aliphatic carbocycles. The van der Waals surface area contributed by atoms with Crippen LogP contribution >= 0.6 is 0 Å². The van der Waals surface area contributed by atoms with E-state index in [1.165, 1.54) is 10.5 Å². The van der Waals surface area contributed by atoms with E-state index in [9.17, 15) is 9.59 Å². The van der Waals surface area contributed by atoms with E-state index in [0.29, 0.717) is 19.0 Å². The number of aliphatic imine (C=N–C) groups is 1. The minimum absolute atomic E-state index is 0.0930. The number of likely N-dealkylation sites (tertiary alicyclic amines) is 1. The first kappa shape index (κ1) is 17.2. The molecule has 9 nitrogen and oxygen atoms in total. The Morgan fingerprint density at radius 2 is 2.32 bits per heavy atom. The van der Waals surface area contributed by atoms with Crippen molar-refractivity contribution >= 4 is 17.9 Å². The highest BCUT2D eigenvalue weighted by Crippen LogP contribution is 2.20. The number of hydrogen-bond donors (Lipinski definition) is 2. The van der Waals surface area contributed by atoms with Gasteiger partial charge >= 0.3 is 6.03 Å². The third kappa shape index (κ3) is 4.09. The first-order chi connectivity index (χ1) is 12.1. The zero-order chi connectivity index (χ0) is 17.8. The highest BCUT2D eigenvalue weighted by Gasteiger charge is 2.28. The number of urea groups is 1. The molecule has 9 heteroatoms. The Morgan fingerprint density at radius 3 is 2.96 bits per heavy atom. The molecule has 0 radical (unpaired) electrons. The van der Waals surface area contributed by atoms with E-state index in [0.717, 1.165) is 31.9 Å². The number of imide groups is 1. The van der Waals surface area contributed by atoms with Gasteiger partial charge in [-0.05, 0) is 24.3 Å². The van der Waals surface area contributed by atoms with Crippen molar-refractivity contribution in [1.82, 2.24) is 30.2 Å². The van der Waals surface area contributed by atoms with Gasteiger partial charge < -0.3 is 15.5 Å². The van der Waals surface area contributed by atoms with Crippen LogP contribution in [0.5, 0.6) is 0 Å². The van der Waals surface area contributed by atoms with E-state index in [-0.39, 0.29) is 18.5 Å². The van der Waals surface area contributed by atoms with Crippen molar-refractivity contribution in [2.75, 3.05) is 39.8 Å². The molecule has 2 saturated heterocycles. The molecule has 3 amide bonds. The van der Waals surface area contributed by atoms with Crippen molar-refractivity contribution in [2.45, 2.75) is 12.8 Å². The predicted molar refractivity (Wildman–Crippen MR) is 93.1 cm³/mol. The van der Waals surface area contributed by atoms with Crippen LogP contribution in [0.15, 0.2) is 17.4 Å². The average Bonchev–Trinajstić information content (AvgIpc) is 3.29. The number of guanidine groups is 1. The molecule has 0 aromatic carbocycles. The van der Waals surface area contributed by atoms with Crippen molar-refractivity contribution in [2.24, 2.45) is 18.0 Å². The number of nitrogens with one attached hydrogen (secondary N) is 2. The summed E-state index contributed by atoms with van der Waals surface area (Å²) in [5, 5.41) is 9.99. The molecular formula is C16H25N7O2. The lowest BCUT2D eigenvalue weighted by molar-refractivity contribution is -0.124. The summed E-state index contributed by atoms with van der Waals surface area (Å²) in [6.07, 6.45) is 6.12. The monoisotopic (exact) mass is 347 g/mol. The number of rotatable bonds is 5. The van der Waals surface area contributed by atoms with Gasteiger partial charge in [-0.15, -0.1) is 0 Å². The van der Waals surface area contributed by atoms with Gasteiger partial charge in [-0.2, -0.15) is 5.10 Å². The van der Waals surface area contributed by atoms with Gasteiger partial charge in [-0.25, -0.2) is 4.79 Å². The number of aromatic nitrogens is 2. The SMILES string of the molecule is CN=C(NCCN1C(=O)CNC1=O)N1CCC(Cc2cnn(C)c2)C1.